The van der Waals surface area contributed by atoms with Gasteiger partial charge >= 0.3 is 0 Å². The molecule has 0 radical (unpaired) electrons. The molecular weight excluding hydrogens is 330 g/mol. The first-order chi connectivity index (χ1) is 12.5. The van der Waals surface area contributed by atoms with Gasteiger partial charge in [0.25, 0.3) is 0 Å². The fourth-order valence-corrected chi connectivity index (χ4v) is 3.43. The maximum atomic E-state index is 9.02. The van der Waals surface area contributed by atoms with Gasteiger partial charge in [0, 0.05) is 64.2 Å². The molecule has 0 saturated carbocycles. The number of aromatic nitrogens is 5. The topological polar surface area (TPSA) is 83.2 Å². The maximum Gasteiger partial charge on any atom is 0.227 e. The van der Waals surface area contributed by atoms with Crippen LogP contribution < -0.4 is 9.80 Å². The van der Waals surface area contributed by atoms with E-state index in [1.54, 1.807) is 0 Å². The van der Waals surface area contributed by atoms with Crippen LogP contribution in [0, 0.1) is 19.8 Å². The summed E-state index contributed by atoms with van der Waals surface area (Å²) in [6.07, 6.45) is 4.82. The largest absolute Gasteiger partial charge is 0.396 e. The van der Waals surface area contributed by atoms with Crippen LogP contribution in [0.25, 0.3) is 0 Å². The average molecular weight is 359 g/mol. The molecule has 1 unspecified atom stereocenters. The van der Waals surface area contributed by atoms with Gasteiger partial charge < -0.3 is 14.9 Å². The van der Waals surface area contributed by atoms with Crippen LogP contribution in [-0.2, 0) is 13.0 Å². The molecule has 1 aliphatic heterocycles. The van der Waals surface area contributed by atoms with Crippen molar-refractivity contribution in [2.45, 2.75) is 39.7 Å². The number of aliphatic hydroxyl groups is 1. The summed E-state index contributed by atoms with van der Waals surface area (Å²) in [5.41, 5.74) is 3.03. The predicted octanol–water partition coefficient (Wildman–Crippen LogP) is 1.20. The molecule has 1 fully saturated rings. The van der Waals surface area contributed by atoms with E-state index < -0.39 is 0 Å². The zero-order valence-corrected chi connectivity index (χ0v) is 16.2. The summed E-state index contributed by atoms with van der Waals surface area (Å²) in [4.78, 5) is 13.7. The molecule has 1 atom stereocenters. The number of anilines is 2. The zero-order chi connectivity index (χ0) is 18.7. The van der Waals surface area contributed by atoms with Gasteiger partial charge in [0.05, 0.1) is 5.69 Å². The Labute approximate surface area is 154 Å². The first-order valence-electron chi connectivity index (χ1n) is 9.25. The first kappa shape index (κ1) is 18.6. The standard InChI is InChI=1S/C18H29N7O/c1-13-14(2)19-18(23(3)4)20-17(13)24-8-5-6-15(10-24)11-25-12-16(7-9-26)21-22-25/h12,15,26H,5-11H2,1-4H3. The van der Waals surface area contributed by atoms with Crippen LogP contribution in [0.15, 0.2) is 6.20 Å². The summed E-state index contributed by atoms with van der Waals surface area (Å²) in [5.74, 6) is 2.31. The third-order valence-corrected chi connectivity index (χ3v) is 4.97. The van der Waals surface area contributed by atoms with E-state index in [9.17, 15) is 0 Å². The van der Waals surface area contributed by atoms with E-state index in [0.29, 0.717) is 12.3 Å². The van der Waals surface area contributed by atoms with E-state index in [4.69, 9.17) is 10.1 Å². The number of aryl methyl sites for hydroxylation is 1. The SMILES string of the molecule is Cc1nc(N(C)C)nc(N2CCCC(Cn3cc(CCO)nn3)C2)c1C. The van der Waals surface area contributed by atoms with Crippen molar-refractivity contribution < 1.29 is 5.11 Å². The Morgan fingerprint density at radius 3 is 2.81 bits per heavy atom. The van der Waals surface area contributed by atoms with E-state index in [1.165, 1.54) is 6.42 Å². The number of nitrogens with zero attached hydrogens (tertiary/aromatic N) is 7. The van der Waals surface area contributed by atoms with Gasteiger partial charge in [-0.3, -0.25) is 4.68 Å². The first-order valence-corrected chi connectivity index (χ1v) is 9.25. The van der Waals surface area contributed by atoms with E-state index in [1.807, 2.05) is 36.8 Å². The molecule has 8 nitrogen and oxygen atoms in total. The number of hydrogen-bond donors (Lipinski definition) is 1. The molecule has 0 aliphatic carbocycles. The molecule has 2 aromatic heterocycles. The predicted molar refractivity (Wildman–Crippen MR) is 102 cm³/mol. The van der Waals surface area contributed by atoms with Crippen LogP contribution in [0.3, 0.4) is 0 Å². The third kappa shape index (κ3) is 4.12. The summed E-state index contributed by atoms with van der Waals surface area (Å²) in [5, 5.41) is 17.3. The van der Waals surface area contributed by atoms with Crippen molar-refractivity contribution in [3.63, 3.8) is 0 Å². The van der Waals surface area contributed by atoms with Crippen molar-refractivity contribution in [1.29, 1.82) is 0 Å². The van der Waals surface area contributed by atoms with Crippen LogP contribution in [0.5, 0.6) is 0 Å². The highest BCUT2D eigenvalue weighted by molar-refractivity contribution is 5.52. The second kappa shape index (κ2) is 7.99. The fraction of sp³-hybridized carbons (Fsp3) is 0.667. The lowest BCUT2D eigenvalue weighted by Crippen LogP contribution is -2.38. The van der Waals surface area contributed by atoms with Crippen molar-refractivity contribution in [3.05, 3.63) is 23.1 Å². The minimum absolute atomic E-state index is 0.108. The summed E-state index contributed by atoms with van der Waals surface area (Å²) >= 11 is 0. The van der Waals surface area contributed by atoms with Gasteiger partial charge in [-0.1, -0.05) is 5.21 Å². The lowest BCUT2D eigenvalue weighted by Gasteiger charge is -2.34. The number of piperidine rings is 1. The quantitative estimate of drug-likeness (QED) is 0.830. The highest BCUT2D eigenvalue weighted by Crippen LogP contribution is 2.27. The Morgan fingerprint density at radius 2 is 2.08 bits per heavy atom. The Morgan fingerprint density at radius 1 is 1.27 bits per heavy atom. The molecule has 0 amide bonds. The molecule has 3 rings (SSSR count). The Kier molecular flexibility index (Phi) is 5.70. The van der Waals surface area contributed by atoms with Crippen LogP contribution >= 0.6 is 0 Å². The second-order valence-electron chi connectivity index (χ2n) is 7.31. The van der Waals surface area contributed by atoms with Gasteiger partial charge in [0.2, 0.25) is 5.95 Å². The highest BCUT2D eigenvalue weighted by Gasteiger charge is 2.24. The molecular formula is C18H29N7O. The molecule has 0 bridgehead atoms. The van der Waals surface area contributed by atoms with E-state index >= 15 is 0 Å². The molecule has 1 saturated heterocycles. The van der Waals surface area contributed by atoms with Crippen molar-refractivity contribution in [3.8, 4) is 0 Å². The van der Waals surface area contributed by atoms with Crippen LogP contribution in [-0.4, -0.2) is 63.9 Å². The van der Waals surface area contributed by atoms with E-state index in [0.717, 1.165) is 54.8 Å². The highest BCUT2D eigenvalue weighted by atomic mass is 16.3. The van der Waals surface area contributed by atoms with Crippen LogP contribution in [0.4, 0.5) is 11.8 Å². The van der Waals surface area contributed by atoms with Gasteiger partial charge in [-0.2, -0.15) is 4.98 Å². The molecule has 26 heavy (non-hydrogen) atoms. The Hall–Kier alpha value is -2.22. The van der Waals surface area contributed by atoms with Gasteiger partial charge in [-0.05, 0) is 32.6 Å². The normalized spacial score (nSPS) is 17.6. The Bertz CT molecular complexity index is 743. The summed E-state index contributed by atoms with van der Waals surface area (Å²) in [6, 6.07) is 0. The Balaban J connectivity index is 1.73. The van der Waals surface area contributed by atoms with Gasteiger partial charge in [0.1, 0.15) is 5.82 Å². The maximum absolute atomic E-state index is 9.02. The molecule has 3 heterocycles. The number of rotatable bonds is 6. The van der Waals surface area contributed by atoms with Crippen molar-refractivity contribution >= 4 is 11.8 Å². The lowest BCUT2D eigenvalue weighted by molar-refractivity contribution is 0.298. The fourth-order valence-electron chi connectivity index (χ4n) is 3.43. The molecule has 1 N–H and O–H groups in total. The monoisotopic (exact) mass is 359 g/mol. The molecule has 142 valence electrons. The molecule has 0 spiro atoms. The zero-order valence-electron chi connectivity index (χ0n) is 16.2. The molecule has 1 aliphatic rings. The number of aliphatic hydroxyl groups excluding tert-OH is 1. The smallest absolute Gasteiger partial charge is 0.227 e. The van der Waals surface area contributed by atoms with Gasteiger partial charge in [0.15, 0.2) is 0 Å². The summed E-state index contributed by atoms with van der Waals surface area (Å²) in [7, 11) is 3.95. The van der Waals surface area contributed by atoms with Crippen molar-refractivity contribution in [2.75, 3.05) is 43.6 Å². The molecule has 0 aromatic carbocycles. The van der Waals surface area contributed by atoms with Crippen molar-refractivity contribution in [2.24, 2.45) is 5.92 Å². The minimum atomic E-state index is 0.108. The third-order valence-electron chi connectivity index (χ3n) is 4.97. The average Bonchev–Trinajstić information content (AvgIpc) is 3.04. The minimum Gasteiger partial charge on any atom is -0.396 e. The van der Waals surface area contributed by atoms with Crippen LogP contribution in [0.1, 0.15) is 29.8 Å². The van der Waals surface area contributed by atoms with Gasteiger partial charge in [-0.25, -0.2) is 4.98 Å². The van der Waals surface area contributed by atoms with E-state index in [-0.39, 0.29) is 6.61 Å². The van der Waals surface area contributed by atoms with Crippen LogP contribution in [0.2, 0.25) is 0 Å². The summed E-state index contributed by atoms with van der Waals surface area (Å²) < 4.78 is 1.91. The van der Waals surface area contributed by atoms with Crippen molar-refractivity contribution in [1.82, 2.24) is 25.0 Å². The lowest BCUT2D eigenvalue weighted by atomic mass is 9.97. The van der Waals surface area contributed by atoms with Gasteiger partial charge in [-0.15, -0.1) is 5.10 Å². The van der Waals surface area contributed by atoms with E-state index in [2.05, 4.69) is 27.1 Å². The summed E-state index contributed by atoms with van der Waals surface area (Å²) in [6.45, 7) is 7.08. The molecule has 8 heteroatoms. The second-order valence-corrected chi connectivity index (χ2v) is 7.31. The number of hydrogen-bond acceptors (Lipinski definition) is 7. The molecule has 2 aromatic rings.